The summed E-state index contributed by atoms with van der Waals surface area (Å²) < 4.78 is 5.52. The fourth-order valence-electron chi connectivity index (χ4n) is 12.0. The van der Waals surface area contributed by atoms with Gasteiger partial charge in [-0.1, -0.05) is 365 Å². The van der Waals surface area contributed by atoms with Crippen LogP contribution >= 0.6 is 0 Å². The Morgan fingerprint density at radius 1 is 0.321 bits per heavy atom. The van der Waals surface area contributed by atoms with E-state index in [0.717, 1.165) is 38.5 Å². The number of aliphatic hydroxyl groups is 2. The van der Waals surface area contributed by atoms with Crippen LogP contribution in [0.4, 0.5) is 0 Å². The lowest BCUT2D eigenvalue weighted by Crippen LogP contribution is -2.45. The van der Waals surface area contributed by atoms with Crippen LogP contribution in [0.25, 0.3) is 0 Å². The Morgan fingerprint density at radius 2 is 0.560 bits per heavy atom. The van der Waals surface area contributed by atoms with Crippen LogP contribution in [0.2, 0.25) is 0 Å². The molecule has 2 atom stereocenters. The summed E-state index contributed by atoms with van der Waals surface area (Å²) >= 11 is 0. The Hall–Kier alpha value is -1.92. The summed E-state index contributed by atoms with van der Waals surface area (Å²) in [4.78, 5) is 24.6. The van der Waals surface area contributed by atoms with Gasteiger partial charge in [0, 0.05) is 12.8 Å². The molecule has 0 rings (SSSR count). The van der Waals surface area contributed by atoms with Crippen LogP contribution in [0, 0.1) is 0 Å². The summed E-state index contributed by atoms with van der Waals surface area (Å²) in [5.41, 5.74) is 0. The number of hydrogen-bond acceptors (Lipinski definition) is 5. The van der Waals surface area contributed by atoms with Crippen molar-refractivity contribution in [3.8, 4) is 0 Å². The minimum Gasteiger partial charge on any atom is -0.466 e. The quantitative estimate of drug-likeness (QED) is 0.0320. The Kier molecular flexibility index (Phi) is 71.9. The Morgan fingerprint density at radius 3 is 0.845 bits per heavy atom. The number of esters is 1. The summed E-state index contributed by atoms with van der Waals surface area (Å²) in [5, 5.41) is 23.1. The third-order valence-electron chi connectivity index (χ3n) is 17.9. The van der Waals surface area contributed by atoms with E-state index in [1.807, 2.05) is 6.08 Å². The van der Waals surface area contributed by atoms with Crippen LogP contribution in [0.5, 0.6) is 0 Å². The first kappa shape index (κ1) is 82.1. The van der Waals surface area contributed by atoms with Crippen LogP contribution in [0.15, 0.2) is 36.5 Å². The standard InChI is InChI=1S/C78H149NO5/c1-3-5-7-9-11-13-15-17-18-19-37-41-44-48-52-56-60-64-68-72-78(83)84-73-69-65-61-57-53-49-45-42-39-36-34-32-30-28-26-24-22-20-21-23-25-27-29-31-33-35-38-40-43-47-51-55-59-63-67-71-77(82)79-75(74-80)76(81)70-66-62-58-54-50-46-16-14-12-10-8-6-4-2/h17-18,22,24,66,70,75-76,80-81H,3-16,19-21,23,25-65,67-69,71-74H2,1-2H3,(H,79,82)/b18-17-,24-22-,70-66+. The number of aliphatic hydroxyl groups excluding tert-OH is 2. The number of carbonyl (C=O) groups excluding carboxylic acids is 2. The van der Waals surface area contributed by atoms with Crippen LogP contribution in [-0.4, -0.2) is 47.4 Å². The Labute approximate surface area is 525 Å². The fourth-order valence-corrected chi connectivity index (χ4v) is 12.0. The third kappa shape index (κ3) is 69.2. The van der Waals surface area contributed by atoms with E-state index in [0.29, 0.717) is 19.4 Å². The lowest BCUT2D eigenvalue weighted by molar-refractivity contribution is -0.143. The molecule has 0 spiro atoms. The van der Waals surface area contributed by atoms with Gasteiger partial charge < -0.3 is 20.3 Å². The maximum Gasteiger partial charge on any atom is 0.305 e. The van der Waals surface area contributed by atoms with Crippen LogP contribution < -0.4 is 5.32 Å². The van der Waals surface area contributed by atoms with Gasteiger partial charge in [-0.25, -0.2) is 0 Å². The zero-order chi connectivity index (χ0) is 60.6. The average molecular weight is 1180 g/mol. The number of ether oxygens (including phenoxy) is 1. The smallest absolute Gasteiger partial charge is 0.305 e. The molecule has 2 unspecified atom stereocenters. The molecule has 0 heterocycles. The second-order valence-corrected chi connectivity index (χ2v) is 26.3. The molecule has 84 heavy (non-hydrogen) atoms. The number of nitrogens with one attached hydrogen (secondary N) is 1. The van der Waals surface area contributed by atoms with Crippen molar-refractivity contribution in [3.63, 3.8) is 0 Å². The molecule has 0 saturated carbocycles. The van der Waals surface area contributed by atoms with E-state index in [-0.39, 0.29) is 18.5 Å². The van der Waals surface area contributed by atoms with E-state index in [1.54, 1.807) is 6.08 Å². The predicted octanol–water partition coefficient (Wildman–Crippen LogP) is 25.0. The third-order valence-corrected chi connectivity index (χ3v) is 17.9. The zero-order valence-electron chi connectivity index (χ0n) is 56.9. The van der Waals surface area contributed by atoms with Crippen LogP contribution in [0.3, 0.4) is 0 Å². The molecule has 496 valence electrons. The molecular formula is C78H149NO5. The molecule has 0 radical (unpaired) electrons. The molecule has 6 heteroatoms. The minimum absolute atomic E-state index is 0.0202. The molecular weight excluding hydrogens is 1030 g/mol. The van der Waals surface area contributed by atoms with Gasteiger partial charge in [0.15, 0.2) is 0 Å². The van der Waals surface area contributed by atoms with Crippen molar-refractivity contribution in [3.05, 3.63) is 36.5 Å². The highest BCUT2D eigenvalue weighted by atomic mass is 16.5. The molecule has 0 bridgehead atoms. The van der Waals surface area contributed by atoms with Gasteiger partial charge in [0.2, 0.25) is 5.91 Å². The highest BCUT2D eigenvalue weighted by molar-refractivity contribution is 5.76. The largest absolute Gasteiger partial charge is 0.466 e. The second kappa shape index (κ2) is 73.5. The van der Waals surface area contributed by atoms with Crippen molar-refractivity contribution in [1.82, 2.24) is 5.32 Å². The normalized spacial score (nSPS) is 12.7. The number of amides is 1. The van der Waals surface area contributed by atoms with Crippen LogP contribution in [0.1, 0.15) is 425 Å². The first-order valence-electron chi connectivity index (χ1n) is 38.3. The van der Waals surface area contributed by atoms with Gasteiger partial charge in [-0.2, -0.15) is 0 Å². The van der Waals surface area contributed by atoms with Gasteiger partial charge >= 0.3 is 5.97 Å². The maximum absolute atomic E-state index is 12.5. The summed E-state index contributed by atoms with van der Waals surface area (Å²) in [6, 6.07) is -0.624. The molecule has 3 N–H and O–H groups in total. The van der Waals surface area contributed by atoms with Crippen molar-refractivity contribution >= 4 is 11.9 Å². The van der Waals surface area contributed by atoms with E-state index < -0.39 is 12.1 Å². The Balaban J connectivity index is 3.33. The molecule has 0 aliphatic carbocycles. The number of carbonyl (C=O) groups is 2. The van der Waals surface area contributed by atoms with E-state index >= 15 is 0 Å². The molecule has 0 aliphatic rings. The molecule has 0 fully saturated rings. The van der Waals surface area contributed by atoms with Crippen molar-refractivity contribution < 1.29 is 24.5 Å². The first-order chi connectivity index (χ1) is 41.5. The van der Waals surface area contributed by atoms with E-state index in [2.05, 4.69) is 43.5 Å². The number of hydrogen-bond donors (Lipinski definition) is 3. The molecule has 0 aromatic carbocycles. The van der Waals surface area contributed by atoms with E-state index in [1.165, 1.54) is 360 Å². The molecule has 1 amide bonds. The Bertz CT molecular complexity index is 1360. The van der Waals surface area contributed by atoms with Crippen molar-refractivity contribution in [2.45, 2.75) is 437 Å². The monoisotopic (exact) mass is 1180 g/mol. The zero-order valence-corrected chi connectivity index (χ0v) is 56.9. The van der Waals surface area contributed by atoms with Crippen molar-refractivity contribution in [2.24, 2.45) is 0 Å². The molecule has 6 nitrogen and oxygen atoms in total. The van der Waals surface area contributed by atoms with Gasteiger partial charge in [-0.3, -0.25) is 9.59 Å². The van der Waals surface area contributed by atoms with Gasteiger partial charge in [-0.15, -0.1) is 0 Å². The van der Waals surface area contributed by atoms with Crippen molar-refractivity contribution in [1.29, 1.82) is 0 Å². The molecule has 0 aromatic heterocycles. The van der Waals surface area contributed by atoms with Gasteiger partial charge in [0.05, 0.1) is 25.4 Å². The molecule has 0 aromatic rings. The van der Waals surface area contributed by atoms with Gasteiger partial charge in [0.25, 0.3) is 0 Å². The van der Waals surface area contributed by atoms with Crippen molar-refractivity contribution in [2.75, 3.05) is 13.2 Å². The number of rotatable bonds is 72. The maximum atomic E-state index is 12.5. The number of allylic oxidation sites excluding steroid dienone is 5. The predicted molar refractivity (Wildman–Crippen MR) is 370 cm³/mol. The topological polar surface area (TPSA) is 95.9 Å². The van der Waals surface area contributed by atoms with Gasteiger partial charge in [-0.05, 0) is 83.5 Å². The summed E-state index contributed by atoms with van der Waals surface area (Å²) in [5.74, 6) is -0.0426. The lowest BCUT2D eigenvalue weighted by Gasteiger charge is -2.20. The first-order valence-corrected chi connectivity index (χ1v) is 38.3. The van der Waals surface area contributed by atoms with E-state index in [9.17, 15) is 19.8 Å². The second-order valence-electron chi connectivity index (χ2n) is 26.3. The van der Waals surface area contributed by atoms with E-state index in [4.69, 9.17) is 4.74 Å². The summed E-state index contributed by atoms with van der Waals surface area (Å²) in [7, 11) is 0. The fraction of sp³-hybridized carbons (Fsp3) is 0.897. The number of unbranched alkanes of at least 4 members (excludes halogenated alkanes) is 57. The lowest BCUT2D eigenvalue weighted by atomic mass is 10.0. The SMILES string of the molecule is CCCCCCCC/C=C\CCCCCCCCCCCC(=O)OCCCCCCCCCCCCCCCC/C=C\CCCCCCCCCCCCCCCCCCCC(=O)NC(CO)C(O)/C=C/CCCCCCCCCCCCC. The van der Waals surface area contributed by atoms with Gasteiger partial charge in [0.1, 0.15) is 0 Å². The van der Waals surface area contributed by atoms with Crippen LogP contribution in [-0.2, 0) is 14.3 Å². The highest BCUT2D eigenvalue weighted by Crippen LogP contribution is 2.19. The summed E-state index contributed by atoms with van der Waals surface area (Å²) in [6.07, 6.45) is 95.5. The highest BCUT2D eigenvalue weighted by Gasteiger charge is 2.18. The summed E-state index contributed by atoms with van der Waals surface area (Å²) in [6.45, 7) is 4.93. The molecule has 0 aliphatic heterocycles. The molecule has 0 saturated heterocycles. The average Bonchev–Trinajstić information content (AvgIpc) is 3.54. The minimum atomic E-state index is -0.841.